The van der Waals surface area contributed by atoms with Crippen LogP contribution in [0.25, 0.3) is 32.0 Å². The molecular weight excluding hydrogens is 535 g/mol. The minimum Gasteiger partial charge on any atom is -0.508 e. The van der Waals surface area contributed by atoms with Gasteiger partial charge in [0.05, 0.1) is 10.2 Å². The van der Waals surface area contributed by atoms with Crippen LogP contribution >= 0.6 is 11.3 Å². The Balaban J connectivity index is 1.28. The molecule has 0 aliphatic carbocycles. The lowest BCUT2D eigenvalue weighted by Gasteiger charge is -2.34. The van der Waals surface area contributed by atoms with Crippen LogP contribution < -0.4 is 15.0 Å². The van der Waals surface area contributed by atoms with Crippen molar-refractivity contribution in [2.45, 2.75) is 69.5 Å². The van der Waals surface area contributed by atoms with Gasteiger partial charge in [-0.3, -0.25) is 4.90 Å². The van der Waals surface area contributed by atoms with E-state index in [-0.39, 0.29) is 17.1 Å². The van der Waals surface area contributed by atoms with Crippen molar-refractivity contribution in [1.82, 2.24) is 15.2 Å². The Kier molecular flexibility index (Phi) is 6.16. The van der Waals surface area contributed by atoms with E-state index < -0.39 is 0 Å². The van der Waals surface area contributed by atoms with Gasteiger partial charge in [0.1, 0.15) is 18.2 Å². The molecule has 6 heterocycles. The number of thiophene rings is 1. The number of fused-ring (bicyclic) bond motifs is 5. The summed E-state index contributed by atoms with van der Waals surface area (Å²) in [4.78, 5) is 10.3. The Morgan fingerprint density at radius 1 is 1.10 bits per heavy atom. The van der Waals surface area contributed by atoms with Gasteiger partial charge in [-0.05, 0) is 104 Å². The summed E-state index contributed by atoms with van der Waals surface area (Å²) in [5.41, 5.74) is 2.68. The molecule has 0 saturated carbocycles. The predicted molar refractivity (Wildman–Crippen MR) is 164 cm³/mol. The SMILES string of the molecule is CCc1c(F)ccc2cc(O)cc(-c3csc4c(N5CC6CCC(C5)N6)nc(OCC56CCCN5CCC6)cc34)c12. The van der Waals surface area contributed by atoms with Crippen LogP contribution in [-0.4, -0.2) is 65.4 Å². The third-order valence-corrected chi connectivity index (χ3v) is 11.1. The standard InChI is InChI=1S/C33H37FN4O2S/c1-2-24-28(34)8-5-20-13-23(39)14-25(30(20)24)27-18-41-31-26(27)15-29(40-19-33-9-3-11-38(33)12-4-10-33)36-32(31)37-16-21-6-7-22(17-37)35-21/h5,8,13-15,18,21-22,35,39H,2-4,6-7,9-12,16-17,19H2,1H3. The summed E-state index contributed by atoms with van der Waals surface area (Å²) < 4.78 is 22.8. The highest BCUT2D eigenvalue weighted by atomic mass is 32.1. The van der Waals surface area contributed by atoms with Crippen molar-refractivity contribution in [3.8, 4) is 22.8 Å². The molecule has 2 aromatic carbocycles. The molecule has 4 fully saturated rings. The van der Waals surface area contributed by atoms with Crippen molar-refractivity contribution in [3.05, 3.63) is 47.1 Å². The molecule has 6 nitrogen and oxygen atoms in total. The van der Waals surface area contributed by atoms with Crippen LogP contribution in [0.2, 0.25) is 0 Å². The fraction of sp³-hybridized carbons (Fsp3) is 0.485. The van der Waals surface area contributed by atoms with E-state index in [1.165, 1.54) is 57.7 Å². The minimum atomic E-state index is -0.203. The van der Waals surface area contributed by atoms with E-state index in [9.17, 15) is 5.11 Å². The van der Waals surface area contributed by atoms with Crippen LogP contribution in [0.3, 0.4) is 0 Å². The number of aromatic nitrogens is 1. The van der Waals surface area contributed by atoms with Crippen LogP contribution in [0.1, 0.15) is 51.0 Å². The predicted octanol–water partition coefficient (Wildman–Crippen LogP) is 6.47. The highest BCUT2D eigenvalue weighted by Gasteiger charge is 2.45. The number of halogens is 1. The maximum atomic E-state index is 15.1. The highest BCUT2D eigenvalue weighted by Crippen LogP contribution is 2.46. The summed E-state index contributed by atoms with van der Waals surface area (Å²) in [7, 11) is 0. The molecule has 2 unspecified atom stereocenters. The van der Waals surface area contributed by atoms with E-state index in [1.807, 2.05) is 6.92 Å². The number of aryl methyl sites for hydroxylation is 1. The lowest BCUT2D eigenvalue weighted by atomic mass is 9.92. The molecular formula is C33H37FN4O2S. The van der Waals surface area contributed by atoms with Crippen LogP contribution in [-0.2, 0) is 6.42 Å². The summed E-state index contributed by atoms with van der Waals surface area (Å²) in [5, 5.41) is 19.4. The summed E-state index contributed by atoms with van der Waals surface area (Å²) >= 11 is 1.69. The number of nitrogens with one attached hydrogen (secondary N) is 1. The topological polar surface area (TPSA) is 60.9 Å². The van der Waals surface area contributed by atoms with Crippen molar-refractivity contribution >= 4 is 38.0 Å². The third kappa shape index (κ3) is 4.21. The molecule has 0 radical (unpaired) electrons. The van der Waals surface area contributed by atoms with Gasteiger partial charge in [0.25, 0.3) is 0 Å². The molecule has 2 bridgehead atoms. The summed E-state index contributed by atoms with van der Waals surface area (Å²) in [6.45, 7) is 6.86. The van der Waals surface area contributed by atoms with E-state index >= 15 is 4.39 Å². The van der Waals surface area contributed by atoms with Crippen LogP contribution in [0.4, 0.5) is 10.2 Å². The zero-order valence-electron chi connectivity index (χ0n) is 23.6. The molecule has 4 aliphatic heterocycles. The Morgan fingerprint density at radius 3 is 2.63 bits per heavy atom. The second-order valence-corrected chi connectivity index (χ2v) is 13.4. The van der Waals surface area contributed by atoms with E-state index in [1.54, 1.807) is 29.5 Å². The molecule has 2 N–H and O–H groups in total. The van der Waals surface area contributed by atoms with E-state index in [0.29, 0.717) is 36.6 Å². The molecule has 2 atom stereocenters. The number of pyridine rings is 1. The van der Waals surface area contributed by atoms with Crippen molar-refractivity contribution in [2.75, 3.05) is 37.7 Å². The average Bonchev–Trinajstić information content (AvgIpc) is 3.74. The molecule has 8 heteroatoms. The van der Waals surface area contributed by atoms with E-state index in [0.717, 1.165) is 50.9 Å². The first-order valence-corrected chi connectivity index (χ1v) is 16.1. The fourth-order valence-electron chi connectivity index (χ4n) is 8.19. The zero-order valence-corrected chi connectivity index (χ0v) is 24.4. The van der Waals surface area contributed by atoms with Gasteiger partial charge in [-0.15, -0.1) is 11.3 Å². The molecule has 0 amide bonds. The third-order valence-electron chi connectivity index (χ3n) is 10.1. The number of benzene rings is 2. The number of hydrogen-bond acceptors (Lipinski definition) is 7. The lowest BCUT2D eigenvalue weighted by molar-refractivity contribution is 0.111. The van der Waals surface area contributed by atoms with Gasteiger partial charge in [-0.1, -0.05) is 13.0 Å². The molecule has 2 aromatic heterocycles. The van der Waals surface area contributed by atoms with Gasteiger partial charge < -0.3 is 20.1 Å². The molecule has 4 saturated heterocycles. The second kappa shape index (κ2) is 9.82. The largest absolute Gasteiger partial charge is 0.508 e. The maximum absolute atomic E-state index is 15.1. The molecule has 4 aromatic rings. The molecule has 4 aliphatic rings. The number of rotatable bonds is 6. The summed E-state index contributed by atoms with van der Waals surface area (Å²) in [6.07, 6.45) is 7.83. The number of piperazine rings is 1. The van der Waals surface area contributed by atoms with Crippen LogP contribution in [0.15, 0.2) is 35.7 Å². The van der Waals surface area contributed by atoms with Gasteiger partial charge in [-0.2, -0.15) is 4.98 Å². The Bertz CT molecular complexity index is 1630. The summed E-state index contributed by atoms with van der Waals surface area (Å²) in [5.74, 6) is 1.64. The molecule has 214 valence electrons. The smallest absolute Gasteiger partial charge is 0.215 e. The van der Waals surface area contributed by atoms with Crippen molar-refractivity contribution in [2.24, 2.45) is 0 Å². The van der Waals surface area contributed by atoms with Crippen molar-refractivity contribution in [1.29, 1.82) is 0 Å². The maximum Gasteiger partial charge on any atom is 0.215 e. The number of ether oxygens (including phenoxy) is 1. The fourth-order valence-corrected chi connectivity index (χ4v) is 9.25. The molecule has 0 spiro atoms. The number of hydrogen-bond donors (Lipinski definition) is 2. The highest BCUT2D eigenvalue weighted by molar-refractivity contribution is 7.18. The van der Waals surface area contributed by atoms with Crippen LogP contribution in [0, 0.1) is 5.82 Å². The van der Waals surface area contributed by atoms with E-state index in [4.69, 9.17) is 9.72 Å². The van der Waals surface area contributed by atoms with Gasteiger partial charge in [0, 0.05) is 42.2 Å². The lowest BCUT2D eigenvalue weighted by Crippen LogP contribution is -2.51. The first-order chi connectivity index (χ1) is 20.0. The monoisotopic (exact) mass is 572 g/mol. The normalized spacial score (nSPS) is 23.6. The number of phenols is 1. The Morgan fingerprint density at radius 2 is 1.88 bits per heavy atom. The first kappa shape index (κ1) is 25.7. The number of nitrogens with zero attached hydrogens (tertiary/aromatic N) is 3. The van der Waals surface area contributed by atoms with Crippen molar-refractivity contribution in [3.63, 3.8) is 0 Å². The number of aromatic hydroxyl groups is 1. The van der Waals surface area contributed by atoms with Gasteiger partial charge in [-0.25, -0.2) is 4.39 Å². The zero-order chi connectivity index (χ0) is 27.7. The average molecular weight is 573 g/mol. The molecule has 8 rings (SSSR count). The van der Waals surface area contributed by atoms with Crippen molar-refractivity contribution < 1.29 is 14.2 Å². The van der Waals surface area contributed by atoms with Gasteiger partial charge in [0.2, 0.25) is 5.88 Å². The quantitative estimate of drug-likeness (QED) is 0.276. The number of anilines is 1. The van der Waals surface area contributed by atoms with Crippen LogP contribution in [0.5, 0.6) is 11.6 Å². The Hall–Kier alpha value is -2.94. The van der Waals surface area contributed by atoms with Gasteiger partial charge in [0.15, 0.2) is 5.82 Å². The first-order valence-electron chi connectivity index (χ1n) is 15.3. The Labute approximate surface area is 244 Å². The number of phenolic OH excluding ortho intramolecular Hbond substituents is 1. The van der Waals surface area contributed by atoms with Gasteiger partial charge >= 0.3 is 0 Å². The minimum absolute atomic E-state index is 0.136. The molecule has 41 heavy (non-hydrogen) atoms. The summed E-state index contributed by atoms with van der Waals surface area (Å²) in [6, 6.07) is 9.88. The second-order valence-electron chi connectivity index (χ2n) is 12.5. The van der Waals surface area contributed by atoms with E-state index in [2.05, 4.69) is 26.6 Å².